The van der Waals surface area contributed by atoms with Crippen molar-refractivity contribution >= 4 is 44.1 Å². The van der Waals surface area contributed by atoms with Crippen LogP contribution in [0.4, 0.5) is 5.13 Å². The lowest BCUT2D eigenvalue weighted by molar-refractivity contribution is -0.132. The van der Waals surface area contributed by atoms with Gasteiger partial charge in [0.1, 0.15) is 29.1 Å². The molecule has 1 amide bonds. The number of nitrogens with zero attached hydrogens (tertiary/aromatic N) is 2. The molecule has 2 atom stereocenters. The Hall–Kier alpha value is -4.37. The van der Waals surface area contributed by atoms with E-state index in [2.05, 4.69) is 4.98 Å². The minimum atomic E-state index is -0.883. The van der Waals surface area contributed by atoms with Gasteiger partial charge in [0.25, 0.3) is 5.78 Å². The number of fused-ring (bicyclic) bond motifs is 2. The van der Waals surface area contributed by atoms with E-state index >= 15 is 0 Å². The van der Waals surface area contributed by atoms with E-state index in [9.17, 15) is 14.7 Å². The lowest BCUT2D eigenvalue weighted by Gasteiger charge is -2.23. The molecule has 1 aromatic heterocycles. The van der Waals surface area contributed by atoms with Crippen LogP contribution in [0.1, 0.15) is 43.0 Å². The second-order valence-corrected chi connectivity index (χ2v) is 10.9. The van der Waals surface area contributed by atoms with Crippen molar-refractivity contribution in [1.29, 1.82) is 0 Å². The molecule has 204 valence electrons. The van der Waals surface area contributed by atoms with E-state index in [1.807, 2.05) is 56.3 Å². The monoisotopic (exact) mass is 556 g/mol. The Bertz CT molecular complexity index is 1660. The number of carbonyl (C=O) groups is 2. The summed E-state index contributed by atoms with van der Waals surface area (Å²) >= 11 is 1.28. The molecule has 0 radical (unpaired) electrons. The van der Waals surface area contributed by atoms with Gasteiger partial charge < -0.3 is 19.3 Å². The van der Waals surface area contributed by atoms with Gasteiger partial charge in [-0.25, -0.2) is 4.98 Å². The first kappa shape index (κ1) is 25.9. The maximum atomic E-state index is 13.6. The highest BCUT2D eigenvalue weighted by Gasteiger charge is 2.48. The van der Waals surface area contributed by atoms with Gasteiger partial charge in [-0.3, -0.25) is 14.5 Å². The Morgan fingerprint density at radius 2 is 1.88 bits per heavy atom. The van der Waals surface area contributed by atoms with Crippen LogP contribution < -0.4 is 19.1 Å². The first-order valence-corrected chi connectivity index (χ1v) is 14.0. The molecule has 8 nitrogen and oxygen atoms in total. The van der Waals surface area contributed by atoms with Crippen LogP contribution in [0.25, 0.3) is 16.0 Å². The lowest BCUT2D eigenvalue weighted by atomic mass is 9.94. The molecule has 40 heavy (non-hydrogen) atoms. The Morgan fingerprint density at radius 3 is 2.62 bits per heavy atom. The molecule has 2 aliphatic rings. The molecule has 9 heteroatoms. The van der Waals surface area contributed by atoms with Crippen LogP contribution in [0.15, 0.2) is 66.2 Å². The van der Waals surface area contributed by atoms with E-state index in [0.29, 0.717) is 46.3 Å². The minimum absolute atomic E-state index is 0.0102. The molecule has 1 N–H and O–H groups in total. The van der Waals surface area contributed by atoms with Crippen LogP contribution >= 0.6 is 11.3 Å². The van der Waals surface area contributed by atoms with Gasteiger partial charge in [0.15, 0.2) is 5.13 Å². The quantitative estimate of drug-likeness (QED) is 0.168. The first-order chi connectivity index (χ1) is 19.4. The summed E-state index contributed by atoms with van der Waals surface area (Å²) < 4.78 is 17.7. The molecule has 3 aromatic carbocycles. The topological polar surface area (TPSA) is 98.2 Å². The number of aromatic nitrogens is 1. The van der Waals surface area contributed by atoms with Crippen LogP contribution in [-0.2, 0) is 16.0 Å². The molecular formula is C31H28N2O6S. The number of Topliss-reactive ketones (excluding diaryl/α,β-unsaturated/α-hetero) is 1. The van der Waals surface area contributed by atoms with Gasteiger partial charge in [-0.1, -0.05) is 30.4 Å². The third kappa shape index (κ3) is 4.46. The number of rotatable bonds is 7. The summed E-state index contributed by atoms with van der Waals surface area (Å²) in [6.07, 6.45) is 1.60. The molecule has 2 aliphatic heterocycles. The molecule has 6 rings (SSSR count). The van der Waals surface area contributed by atoms with E-state index in [1.54, 1.807) is 25.3 Å². The number of thiazole rings is 1. The highest BCUT2D eigenvalue weighted by Crippen LogP contribution is 2.45. The summed E-state index contributed by atoms with van der Waals surface area (Å²) in [7, 11) is 1.58. The minimum Gasteiger partial charge on any atom is -0.507 e. The summed E-state index contributed by atoms with van der Waals surface area (Å²) in [5.41, 5.74) is 2.74. The average molecular weight is 557 g/mol. The second-order valence-electron chi connectivity index (χ2n) is 9.87. The smallest absolute Gasteiger partial charge is 0.301 e. The maximum absolute atomic E-state index is 13.6. The summed E-state index contributed by atoms with van der Waals surface area (Å²) in [5, 5.41) is 11.9. The van der Waals surface area contributed by atoms with Gasteiger partial charge in [-0.2, -0.15) is 0 Å². The van der Waals surface area contributed by atoms with E-state index in [-0.39, 0.29) is 17.4 Å². The zero-order valence-corrected chi connectivity index (χ0v) is 23.2. The average Bonchev–Trinajstić information content (AvgIpc) is 3.63. The number of hydrogen-bond acceptors (Lipinski definition) is 8. The van der Waals surface area contributed by atoms with Crippen LogP contribution in [0, 0.1) is 0 Å². The van der Waals surface area contributed by atoms with Gasteiger partial charge in [0, 0.05) is 12.0 Å². The number of aliphatic hydroxyl groups is 1. The molecule has 1 fully saturated rings. The van der Waals surface area contributed by atoms with Gasteiger partial charge in [-0.05, 0) is 73.0 Å². The molecule has 3 heterocycles. The van der Waals surface area contributed by atoms with E-state index in [4.69, 9.17) is 14.2 Å². The van der Waals surface area contributed by atoms with Crippen molar-refractivity contribution in [2.45, 2.75) is 38.8 Å². The third-order valence-corrected chi connectivity index (χ3v) is 8.09. The summed E-state index contributed by atoms with van der Waals surface area (Å²) in [4.78, 5) is 33.3. The van der Waals surface area contributed by atoms with Crippen molar-refractivity contribution in [2.24, 2.45) is 0 Å². The fraction of sp³-hybridized carbons (Fsp3) is 0.258. The first-order valence-electron chi connectivity index (χ1n) is 13.2. The van der Waals surface area contributed by atoms with Crippen LogP contribution in [-0.4, -0.2) is 41.6 Å². The fourth-order valence-corrected chi connectivity index (χ4v) is 6.18. The lowest BCUT2D eigenvalue weighted by Crippen LogP contribution is -2.29. The number of amides is 1. The van der Waals surface area contributed by atoms with Crippen molar-refractivity contribution in [1.82, 2.24) is 4.98 Å². The standard InChI is InChI=1S/C31H28N2O6S/c1-4-13-38-21-8-5-18(6-9-21)27-26(28(34)19-7-12-24-20(15-19)14-17(2)39-24)29(35)30(36)33(27)31-32-23-11-10-22(37-3)16-25(23)40-31/h5-12,15-17,27,34H,4,13-14H2,1-3H3/t17-,27+/m0/s1. The van der Waals surface area contributed by atoms with E-state index in [1.165, 1.54) is 16.2 Å². The fourth-order valence-electron chi connectivity index (χ4n) is 5.16. The largest absolute Gasteiger partial charge is 0.507 e. The second kappa shape index (κ2) is 10.3. The SMILES string of the molecule is CCCOc1ccc([C@@H]2C(=C(O)c3ccc4c(c3)C[C@H](C)O4)C(=O)C(=O)N2c2nc3ccc(OC)cc3s2)cc1. The Kier molecular flexibility index (Phi) is 6.67. The Morgan fingerprint density at radius 1 is 1.10 bits per heavy atom. The van der Waals surface area contributed by atoms with Crippen LogP contribution in [0.5, 0.6) is 17.2 Å². The van der Waals surface area contributed by atoms with Gasteiger partial charge >= 0.3 is 5.91 Å². The van der Waals surface area contributed by atoms with E-state index in [0.717, 1.165) is 22.4 Å². The van der Waals surface area contributed by atoms with Gasteiger partial charge in [0.05, 0.1) is 35.5 Å². The summed E-state index contributed by atoms with van der Waals surface area (Å²) in [6, 6.07) is 17.1. The normalized spacial score (nSPS) is 19.6. The number of methoxy groups -OCH3 is 1. The highest BCUT2D eigenvalue weighted by atomic mass is 32.1. The molecular weight excluding hydrogens is 528 g/mol. The Balaban J connectivity index is 1.49. The number of ketones is 1. The van der Waals surface area contributed by atoms with Crippen molar-refractivity contribution in [3.8, 4) is 17.2 Å². The van der Waals surface area contributed by atoms with E-state index < -0.39 is 17.7 Å². The number of ether oxygens (including phenoxy) is 3. The number of anilines is 1. The molecule has 0 saturated carbocycles. The van der Waals surface area contributed by atoms with Crippen LogP contribution in [0.3, 0.4) is 0 Å². The predicted octanol–water partition coefficient (Wildman–Crippen LogP) is 6.04. The van der Waals surface area contributed by atoms with Gasteiger partial charge in [0.2, 0.25) is 0 Å². The summed E-state index contributed by atoms with van der Waals surface area (Å²) in [6.45, 7) is 4.58. The van der Waals surface area contributed by atoms with Crippen molar-refractivity contribution in [3.63, 3.8) is 0 Å². The van der Waals surface area contributed by atoms with Crippen molar-refractivity contribution in [2.75, 3.05) is 18.6 Å². The number of benzene rings is 3. The molecule has 0 unspecified atom stereocenters. The van der Waals surface area contributed by atoms with Gasteiger partial charge in [-0.15, -0.1) is 0 Å². The number of aliphatic hydroxyl groups excluding tert-OH is 1. The highest BCUT2D eigenvalue weighted by molar-refractivity contribution is 7.22. The molecule has 0 aliphatic carbocycles. The molecule has 0 bridgehead atoms. The Labute approximate surface area is 235 Å². The predicted molar refractivity (Wildman–Crippen MR) is 153 cm³/mol. The number of hydrogen-bond donors (Lipinski definition) is 1. The molecule has 4 aromatic rings. The zero-order valence-electron chi connectivity index (χ0n) is 22.3. The van der Waals surface area contributed by atoms with Crippen molar-refractivity contribution < 1.29 is 28.9 Å². The number of carbonyl (C=O) groups excluding carboxylic acids is 2. The summed E-state index contributed by atoms with van der Waals surface area (Å²) in [5.74, 6) is 0.356. The molecule has 1 saturated heterocycles. The zero-order chi connectivity index (χ0) is 28.0. The molecule has 0 spiro atoms. The van der Waals surface area contributed by atoms with Crippen molar-refractivity contribution in [3.05, 3.63) is 82.9 Å². The van der Waals surface area contributed by atoms with Crippen LogP contribution in [0.2, 0.25) is 0 Å². The third-order valence-electron chi connectivity index (χ3n) is 7.07. The maximum Gasteiger partial charge on any atom is 0.301 e.